The Morgan fingerprint density at radius 3 is 2.68 bits per heavy atom. The van der Waals surface area contributed by atoms with Gasteiger partial charge in [0, 0.05) is 38.7 Å². The first-order valence-corrected chi connectivity index (χ1v) is 6.31. The number of carbonyl (C=O) groups excluding carboxylic acids is 2. The molecule has 6 nitrogen and oxygen atoms in total. The molecule has 1 aromatic carbocycles. The number of anilines is 2. The fourth-order valence-electron chi connectivity index (χ4n) is 1.90. The molecule has 1 aromatic rings. The molecule has 0 bridgehead atoms. The van der Waals surface area contributed by atoms with Crippen molar-refractivity contribution in [3.05, 3.63) is 23.8 Å². The molecule has 0 radical (unpaired) electrons. The zero-order valence-corrected chi connectivity index (χ0v) is 10.9. The smallest absolute Gasteiger partial charge is 0.251 e. The van der Waals surface area contributed by atoms with Gasteiger partial charge in [-0.1, -0.05) is 0 Å². The Kier molecular flexibility index (Phi) is 4.22. The molecule has 1 aliphatic heterocycles. The van der Waals surface area contributed by atoms with Crippen molar-refractivity contribution in [3.8, 4) is 0 Å². The predicted octanol–water partition coefficient (Wildman–Crippen LogP) is 0.390. The van der Waals surface area contributed by atoms with Crippen molar-refractivity contribution in [3.63, 3.8) is 0 Å². The second-order valence-corrected chi connectivity index (χ2v) is 4.29. The van der Waals surface area contributed by atoms with Crippen LogP contribution in [0.3, 0.4) is 0 Å². The second-order valence-electron chi connectivity index (χ2n) is 4.29. The minimum Gasteiger partial charge on any atom is -0.382 e. The van der Waals surface area contributed by atoms with Crippen molar-refractivity contribution in [1.82, 2.24) is 10.6 Å². The van der Waals surface area contributed by atoms with E-state index in [0.717, 1.165) is 24.5 Å². The average Bonchev–Trinajstić information content (AvgIpc) is 2.46. The van der Waals surface area contributed by atoms with Crippen LogP contribution in [0.1, 0.15) is 16.8 Å². The van der Waals surface area contributed by atoms with Crippen LogP contribution < -0.4 is 21.3 Å². The van der Waals surface area contributed by atoms with Crippen LogP contribution in [-0.4, -0.2) is 38.5 Å². The van der Waals surface area contributed by atoms with Crippen molar-refractivity contribution < 1.29 is 9.59 Å². The molecular formula is C13H18N4O2. The predicted molar refractivity (Wildman–Crippen MR) is 74.4 cm³/mol. The van der Waals surface area contributed by atoms with Gasteiger partial charge in [0.1, 0.15) is 0 Å². The quantitative estimate of drug-likeness (QED) is 0.632. The highest BCUT2D eigenvalue weighted by molar-refractivity contribution is 5.96. The van der Waals surface area contributed by atoms with E-state index in [4.69, 9.17) is 0 Å². The van der Waals surface area contributed by atoms with Gasteiger partial charge in [-0.15, -0.1) is 0 Å². The van der Waals surface area contributed by atoms with Gasteiger partial charge >= 0.3 is 0 Å². The molecule has 2 amide bonds. The molecule has 0 aliphatic carbocycles. The molecule has 6 heteroatoms. The lowest BCUT2D eigenvalue weighted by Crippen LogP contribution is -2.29. The summed E-state index contributed by atoms with van der Waals surface area (Å²) in [6, 6.07) is 5.47. The van der Waals surface area contributed by atoms with E-state index in [1.807, 2.05) is 12.1 Å². The van der Waals surface area contributed by atoms with Gasteiger partial charge in [0.2, 0.25) is 5.91 Å². The Morgan fingerprint density at radius 1 is 1.21 bits per heavy atom. The Bertz CT molecular complexity index is 488. The summed E-state index contributed by atoms with van der Waals surface area (Å²) in [4.78, 5) is 22.9. The van der Waals surface area contributed by atoms with Crippen LogP contribution in [0, 0.1) is 0 Å². The second kappa shape index (κ2) is 6.08. The number of carbonyl (C=O) groups is 2. The first-order chi connectivity index (χ1) is 9.20. The zero-order valence-electron chi connectivity index (χ0n) is 10.9. The maximum atomic E-state index is 11.9. The fraction of sp³-hybridized carbons (Fsp3) is 0.385. The highest BCUT2D eigenvalue weighted by Gasteiger charge is 2.12. The molecule has 19 heavy (non-hydrogen) atoms. The maximum absolute atomic E-state index is 11.9. The van der Waals surface area contributed by atoms with Gasteiger partial charge in [0.25, 0.3) is 5.91 Å². The number of fused-ring (bicyclic) bond motifs is 1. The maximum Gasteiger partial charge on any atom is 0.251 e. The SMILES string of the molecule is CNC(=O)CCNC(=O)c1ccc2c(c1)NCCN2. The third-order valence-corrected chi connectivity index (χ3v) is 2.95. The highest BCUT2D eigenvalue weighted by Crippen LogP contribution is 2.25. The monoisotopic (exact) mass is 262 g/mol. The van der Waals surface area contributed by atoms with Gasteiger partial charge in [-0.25, -0.2) is 0 Å². The van der Waals surface area contributed by atoms with Gasteiger partial charge < -0.3 is 21.3 Å². The van der Waals surface area contributed by atoms with Crippen molar-refractivity contribution in [2.45, 2.75) is 6.42 Å². The molecule has 2 rings (SSSR count). The normalized spacial score (nSPS) is 12.7. The Balaban J connectivity index is 1.94. The van der Waals surface area contributed by atoms with E-state index in [1.165, 1.54) is 0 Å². The number of hydrogen-bond donors (Lipinski definition) is 4. The molecule has 4 N–H and O–H groups in total. The summed E-state index contributed by atoms with van der Waals surface area (Å²) in [6.07, 6.45) is 0.285. The molecular weight excluding hydrogens is 244 g/mol. The third-order valence-electron chi connectivity index (χ3n) is 2.95. The van der Waals surface area contributed by atoms with Crippen LogP contribution in [0.2, 0.25) is 0 Å². The Hall–Kier alpha value is -2.24. The topological polar surface area (TPSA) is 82.3 Å². The molecule has 102 valence electrons. The molecule has 0 fully saturated rings. The first-order valence-electron chi connectivity index (χ1n) is 6.31. The van der Waals surface area contributed by atoms with Crippen molar-refractivity contribution in [1.29, 1.82) is 0 Å². The summed E-state index contributed by atoms with van der Waals surface area (Å²) in [5.41, 5.74) is 2.53. The van der Waals surface area contributed by atoms with Crippen molar-refractivity contribution in [2.24, 2.45) is 0 Å². The third kappa shape index (κ3) is 3.37. The highest BCUT2D eigenvalue weighted by atomic mass is 16.2. The largest absolute Gasteiger partial charge is 0.382 e. The molecule has 1 aliphatic rings. The lowest BCUT2D eigenvalue weighted by molar-refractivity contribution is -0.120. The van der Waals surface area contributed by atoms with Crippen LogP contribution in [0.5, 0.6) is 0 Å². The van der Waals surface area contributed by atoms with Gasteiger partial charge in [0.05, 0.1) is 11.4 Å². The minimum atomic E-state index is -0.168. The molecule has 0 unspecified atom stereocenters. The number of rotatable bonds is 4. The van der Waals surface area contributed by atoms with Crippen LogP contribution in [0.25, 0.3) is 0 Å². The minimum absolute atomic E-state index is 0.0865. The standard InChI is InChI=1S/C13H18N4O2/c1-14-12(18)4-5-17-13(19)9-2-3-10-11(8-9)16-7-6-15-10/h2-3,8,15-16H,4-7H2,1H3,(H,14,18)(H,17,19). The van der Waals surface area contributed by atoms with E-state index in [0.29, 0.717) is 12.1 Å². The molecule has 1 heterocycles. The van der Waals surface area contributed by atoms with Gasteiger partial charge in [0.15, 0.2) is 0 Å². The summed E-state index contributed by atoms with van der Waals surface area (Å²) in [6.45, 7) is 2.06. The van der Waals surface area contributed by atoms with Crippen LogP contribution in [-0.2, 0) is 4.79 Å². The van der Waals surface area contributed by atoms with E-state index >= 15 is 0 Å². The summed E-state index contributed by atoms with van der Waals surface area (Å²) in [5, 5.41) is 11.7. The summed E-state index contributed by atoms with van der Waals surface area (Å²) >= 11 is 0. The Labute approximate surface area is 112 Å². The summed E-state index contributed by atoms with van der Waals surface area (Å²) in [5.74, 6) is -0.254. The number of nitrogens with one attached hydrogen (secondary N) is 4. The zero-order chi connectivity index (χ0) is 13.7. The van der Waals surface area contributed by atoms with Gasteiger partial charge in [-0.05, 0) is 18.2 Å². The summed E-state index contributed by atoms with van der Waals surface area (Å²) < 4.78 is 0. The van der Waals surface area contributed by atoms with E-state index < -0.39 is 0 Å². The number of benzene rings is 1. The molecule has 0 atom stereocenters. The molecule has 0 aromatic heterocycles. The molecule has 0 spiro atoms. The van der Waals surface area contributed by atoms with Crippen LogP contribution in [0.15, 0.2) is 18.2 Å². The Morgan fingerprint density at radius 2 is 1.95 bits per heavy atom. The first kappa shape index (κ1) is 13.2. The number of hydrogen-bond acceptors (Lipinski definition) is 4. The van der Waals surface area contributed by atoms with E-state index in [1.54, 1.807) is 13.1 Å². The average molecular weight is 262 g/mol. The molecule has 0 saturated carbocycles. The summed E-state index contributed by atoms with van der Waals surface area (Å²) in [7, 11) is 1.58. The van der Waals surface area contributed by atoms with Crippen molar-refractivity contribution >= 4 is 23.2 Å². The number of amides is 2. The van der Waals surface area contributed by atoms with Crippen LogP contribution in [0.4, 0.5) is 11.4 Å². The molecule has 0 saturated heterocycles. The lowest BCUT2D eigenvalue weighted by atomic mass is 10.1. The lowest BCUT2D eigenvalue weighted by Gasteiger charge is -2.20. The van der Waals surface area contributed by atoms with Crippen LogP contribution >= 0.6 is 0 Å². The van der Waals surface area contributed by atoms with E-state index in [2.05, 4.69) is 21.3 Å². The van der Waals surface area contributed by atoms with Crippen molar-refractivity contribution in [2.75, 3.05) is 37.3 Å². The van der Waals surface area contributed by atoms with Gasteiger partial charge in [-0.2, -0.15) is 0 Å². The van der Waals surface area contributed by atoms with E-state index in [9.17, 15) is 9.59 Å². The van der Waals surface area contributed by atoms with E-state index in [-0.39, 0.29) is 18.2 Å². The van der Waals surface area contributed by atoms with Gasteiger partial charge in [-0.3, -0.25) is 9.59 Å². The fourth-order valence-corrected chi connectivity index (χ4v) is 1.90.